The molecule has 13 heteroatoms. The van der Waals surface area contributed by atoms with E-state index in [2.05, 4.69) is 10.1 Å². The molecule has 0 unspecified atom stereocenters. The molecule has 0 aliphatic rings. The van der Waals surface area contributed by atoms with Crippen LogP contribution in [0.1, 0.15) is 21.7 Å². The summed E-state index contributed by atoms with van der Waals surface area (Å²) in [6, 6.07) is 5.21. The van der Waals surface area contributed by atoms with Crippen LogP contribution in [-0.4, -0.2) is 20.7 Å². The summed E-state index contributed by atoms with van der Waals surface area (Å²) >= 11 is 6.14. The predicted octanol–water partition coefficient (Wildman–Crippen LogP) is 5.27. The molecular formula is C15H7ClF6N4OS. The van der Waals surface area contributed by atoms with Crippen LogP contribution in [-0.2, 0) is 12.4 Å². The van der Waals surface area contributed by atoms with E-state index < -0.39 is 40.3 Å². The summed E-state index contributed by atoms with van der Waals surface area (Å²) in [6.45, 7) is 0. The highest BCUT2D eigenvalue weighted by atomic mass is 35.5. The third-order valence-corrected chi connectivity index (χ3v) is 4.38. The van der Waals surface area contributed by atoms with E-state index in [1.807, 2.05) is 5.32 Å². The molecule has 0 saturated carbocycles. The molecule has 0 fully saturated rings. The Morgan fingerprint density at radius 2 is 1.71 bits per heavy atom. The fourth-order valence-corrected chi connectivity index (χ4v) is 3.03. The highest BCUT2D eigenvalue weighted by Gasteiger charge is 2.41. The van der Waals surface area contributed by atoms with E-state index in [1.54, 1.807) is 0 Å². The number of amides is 1. The smallest absolute Gasteiger partial charge is 0.298 e. The molecule has 0 bridgehead atoms. The van der Waals surface area contributed by atoms with Crippen molar-refractivity contribution in [3.63, 3.8) is 0 Å². The number of anilines is 1. The maximum absolute atomic E-state index is 13.5. The minimum Gasteiger partial charge on any atom is -0.298 e. The van der Waals surface area contributed by atoms with Gasteiger partial charge >= 0.3 is 12.4 Å². The van der Waals surface area contributed by atoms with Crippen molar-refractivity contribution >= 4 is 34.0 Å². The molecule has 3 rings (SSSR count). The van der Waals surface area contributed by atoms with E-state index in [9.17, 15) is 31.1 Å². The van der Waals surface area contributed by atoms with Crippen molar-refractivity contribution in [2.45, 2.75) is 12.4 Å². The van der Waals surface area contributed by atoms with E-state index in [4.69, 9.17) is 11.6 Å². The van der Waals surface area contributed by atoms with Gasteiger partial charge in [-0.1, -0.05) is 11.6 Å². The van der Waals surface area contributed by atoms with E-state index in [0.717, 1.165) is 0 Å². The number of hydrogen-bond donors (Lipinski definition) is 1. The number of nitrogens with zero attached hydrogens (tertiary/aromatic N) is 3. The van der Waals surface area contributed by atoms with Crippen LogP contribution in [0, 0.1) is 0 Å². The fraction of sp³-hybridized carbons (Fsp3) is 0.133. The molecule has 28 heavy (non-hydrogen) atoms. The Kier molecular flexibility index (Phi) is 5.10. The predicted molar refractivity (Wildman–Crippen MR) is 88.6 cm³/mol. The second-order valence-electron chi connectivity index (χ2n) is 5.28. The molecule has 1 N–H and O–H groups in total. The van der Waals surface area contributed by atoms with Crippen molar-refractivity contribution in [3.8, 4) is 5.69 Å². The van der Waals surface area contributed by atoms with Crippen LogP contribution in [0.2, 0.25) is 5.02 Å². The summed E-state index contributed by atoms with van der Waals surface area (Å²) in [7, 11) is 0. The van der Waals surface area contributed by atoms with Gasteiger partial charge in [0.05, 0.1) is 17.4 Å². The van der Waals surface area contributed by atoms with Crippen LogP contribution in [0.3, 0.4) is 0 Å². The van der Waals surface area contributed by atoms with Crippen molar-refractivity contribution in [3.05, 3.63) is 57.8 Å². The molecule has 2 aromatic heterocycles. The molecule has 0 spiro atoms. The molecule has 0 atom stereocenters. The van der Waals surface area contributed by atoms with Crippen LogP contribution in [0.5, 0.6) is 0 Å². The quantitative estimate of drug-likeness (QED) is 0.564. The lowest BCUT2D eigenvalue weighted by Crippen LogP contribution is -2.20. The Morgan fingerprint density at radius 3 is 2.25 bits per heavy atom. The van der Waals surface area contributed by atoms with Crippen molar-refractivity contribution in [1.82, 2.24) is 14.8 Å². The number of aromatic nitrogens is 3. The number of carbonyl (C=O) groups is 1. The Bertz CT molecular complexity index is 1010. The molecule has 3 aromatic rings. The van der Waals surface area contributed by atoms with Crippen molar-refractivity contribution in [2.75, 3.05) is 5.32 Å². The summed E-state index contributed by atoms with van der Waals surface area (Å²) in [4.78, 5) is 15.4. The number of carbonyl (C=O) groups excluding carboxylic acids is 1. The van der Waals surface area contributed by atoms with Crippen LogP contribution >= 0.6 is 22.9 Å². The SMILES string of the molecule is O=C(Nc1nc(C(F)(F)F)cs1)c1cnn(-c2ccc(Cl)cc2)c1C(F)(F)F. The van der Waals surface area contributed by atoms with Gasteiger partial charge in [-0.2, -0.15) is 31.4 Å². The van der Waals surface area contributed by atoms with E-state index in [0.29, 0.717) is 27.6 Å². The lowest BCUT2D eigenvalue weighted by atomic mass is 10.2. The van der Waals surface area contributed by atoms with Gasteiger partial charge in [-0.3, -0.25) is 10.1 Å². The van der Waals surface area contributed by atoms with Gasteiger partial charge in [-0.05, 0) is 24.3 Å². The highest BCUT2D eigenvalue weighted by molar-refractivity contribution is 7.14. The number of alkyl halides is 6. The molecule has 1 amide bonds. The second kappa shape index (κ2) is 7.09. The molecular weight excluding hydrogens is 434 g/mol. The van der Waals surface area contributed by atoms with Crippen molar-refractivity contribution in [1.29, 1.82) is 0 Å². The number of benzene rings is 1. The number of nitrogens with one attached hydrogen (secondary N) is 1. The fourth-order valence-electron chi connectivity index (χ4n) is 2.19. The molecule has 1 aromatic carbocycles. The number of halogens is 7. The minimum atomic E-state index is -4.97. The monoisotopic (exact) mass is 440 g/mol. The van der Waals surface area contributed by atoms with Crippen LogP contribution in [0.4, 0.5) is 31.5 Å². The molecule has 2 heterocycles. The van der Waals surface area contributed by atoms with Gasteiger partial charge in [-0.25, -0.2) is 9.67 Å². The molecule has 0 saturated heterocycles. The van der Waals surface area contributed by atoms with Crippen molar-refractivity contribution < 1.29 is 31.1 Å². The molecule has 0 aliphatic heterocycles. The maximum Gasteiger partial charge on any atom is 0.434 e. The third kappa shape index (κ3) is 4.12. The largest absolute Gasteiger partial charge is 0.434 e. The Labute approximate surface area is 161 Å². The van der Waals surface area contributed by atoms with E-state index in [-0.39, 0.29) is 10.7 Å². The first-order valence-electron chi connectivity index (χ1n) is 7.22. The average molecular weight is 441 g/mol. The summed E-state index contributed by atoms with van der Waals surface area (Å²) in [5, 5.41) is 5.94. The number of hydrogen-bond acceptors (Lipinski definition) is 4. The standard InChI is InChI=1S/C15H7ClF6N4OS/c16-7-1-3-8(4-2-7)26-11(15(20,21)22)9(5-23-26)12(27)25-13-24-10(6-28-13)14(17,18)19/h1-6H,(H,24,25,27). The second-order valence-corrected chi connectivity index (χ2v) is 6.58. The Balaban J connectivity index is 1.96. The zero-order chi connectivity index (χ0) is 20.7. The van der Waals surface area contributed by atoms with Gasteiger partial charge in [0.1, 0.15) is 0 Å². The molecule has 148 valence electrons. The van der Waals surface area contributed by atoms with Gasteiger partial charge in [0.15, 0.2) is 16.5 Å². The first kappa shape index (κ1) is 20.1. The summed E-state index contributed by atoms with van der Waals surface area (Å²) in [5.74, 6) is -1.30. The Hall–Kier alpha value is -2.60. The van der Waals surface area contributed by atoms with Gasteiger partial charge in [0.25, 0.3) is 5.91 Å². The van der Waals surface area contributed by atoms with Crippen LogP contribution < -0.4 is 5.32 Å². The zero-order valence-corrected chi connectivity index (χ0v) is 14.8. The minimum absolute atomic E-state index is 0.00983. The first-order chi connectivity index (χ1) is 13.0. The van der Waals surface area contributed by atoms with Crippen LogP contribution in [0.15, 0.2) is 35.8 Å². The van der Waals surface area contributed by atoms with Gasteiger partial charge in [0, 0.05) is 10.4 Å². The van der Waals surface area contributed by atoms with Gasteiger partial charge in [0.2, 0.25) is 0 Å². The number of rotatable bonds is 3. The Morgan fingerprint density at radius 1 is 1.07 bits per heavy atom. The molecule has 0 aliphatic carbocycles. The van der Waals surface area contributed by atoms with E-state index >= 15 is 0 Å². The normalized spacial score (nSPS) is 12.2. The maximum atomic E-state index is 13.5. The molecule has 5 nitrogen and oxygen atoms in total. The van der Waals surface area contributed by atoms with Crippen LogP contribution in [0.25, 0.3) is 5.69 Å². The average Bonchev–Trinajstić information content (AvgIpc) is 3.21. The summed E-state index contributed by atoms with van der Waals surface area (Å²) < 4.78 is 78.8. The van der Waals surface area contributed by atoms with Crippen molar-refractivity contribution in [2.24, 2.45) is 0 Å². The van der Waals surface area contributed by atoms with Gasteiger partial charge < -0.3 is 0 Å². The lowest BCUT2D eigenvalue weighted by molar-refractivity contribution is -0.143. The topological polar surface area (TPSA) is 59.8 Å². The van der Waals surface area contributed by atoms with E-state index in [1.165, 1.54) is 24.3 Å². The third-order valence-electron chi connectivity index (χ3n) is 3.37. The first-order valence-corrected chi connectivity index (χ1v) is 8.48. The lowest BCUT2D eigenvalue weighted by Gasteiger charge is -2.12. The zero-order valence-electron chi connectivity index (χ0n) is 13.3. The summed E-state index contributed by atoms with van der Waals surface area (Å²) in [5.41, 5.74) is -3.53. The summed E-state index contributed by atoms with van der Waals surface area (Å²) in [6.07, 6.45) is -9.04. The highest BCUT2D eigenvalue weighted by Crippen LogP contribution is 2.35. The van der Waals surface area contributed by atoms with Gasteiger partial charge in [-0.15, -0.1) is 11.3 Å². The number of thiazole rings is 1. The molecule has 0 radical (unpaired) electrons.